The molecule has 2 N–H and O–H groups in total. The molecule has 150 valence electrons. The third kappa shape index (κ3) is 3.98. The quantitative estimate of drug-likeness (QED) is 0.656. The second-order valence-electron chi connectivity index (χ2n) is 5.82. The summed E-state index contributed by atoms with van der Waals surface area (Å²) >= 11 is 0. The monoisotopic (exact) mass is 397 g/mol. The summed E-state index contributed by atoms with van der Waals surface area (Å²) in [4.78, 5) is 25.1. The molecule has 0 radical (unpaired) electrons. The number of aromatic nitrogens is 2. The second kappa shape index (κ2) is 8.34. The van der Waals surface area contributed by atoms with Crippen LogP contribution in [0.15, 0.2) is 53.3 Å². The lowest BCUT2D eigenvalue weighted by Gasteiger charge is -2.13. The van der Waals surface area contributed by atoms with Crippen molar-refractivity contribution in [1.29, 1.82) is 0 Å². The molecule has 0 spiro atoms. The van der Waals surface area contributed by atoms with E-state index in [4.69, 9.17) is 14.2 Å². The molecule has 1 heterocycles. The second-order valence-corrected chi connectivity index (χ2v) is 5.82. The lowest BCUT2D eigenvalue weighted by molar-refractivity contribution is 0.101. The van der Waals surface area contributed by atoms with Crippen molar-refractivity contribution in [1.82, 2.24) is 9.78 Å². The van der Waals surface area contributed by atoms with Crippen LogP contribution in [0.5, 0.6) is 23.0 Å². The molecule has 29 heavy (non-hydrogen) atoms. The molecule has 2 aromatic carbocycles. The van der Waals surface area contributed by atoms with E-state index < -0.39 is 17.2 Å². The Labute approximate surface area is 166 Å². The Morgan fingerprint density at radius 3 is 2.41 bits per heavy atom. The van der Waals surface area contributed by atoms with Gasteiger partial charge in [0.05, 0.1) is 27.0 Å². The Hall–Kier alpha value is -4.01. The van der Waals surface area contributed by atoms with Crippen molar-refractivity contribution >= 4 is 11.6 Å². The van der Waals surface area contributed by atoms with Gasteiger partial charge in [0.15, 0.2) is 11.4 Å². The number of nitrogens with one attached hydrogen (secondary N) is 1. The number of methoxy groups -OCH3 is 3. The molecule has 9 nitrogen and oxygen atoms in total. The predicted molar refractivity (Wildman–Crippen MR) is 106 cm³/mol. The number of nitrogens with zero attached hydrogens (tertiary/aromatic N) is 2. The number of rotatable bonds is 6. The normalized spacial score (nSPS) is 10.3. The average Bonchev–Trinajstić information content (AvgIpc) is 2.74. The zero-order chi connectivity index (χ0) is 21.0. The number of amides is 1. The standard InChI is InChI=1S/C20H19N3O6/c1-27-12-8-9-13(17(10-12)29-3)21-20(26)19-15(24)11-18(25)23(22-19)14-6-4-5-7-16(14)28-2/h4-11,24H,1-3H3,(H,21,26). The third-order valence-corrected chi connectivity index (χ3v) is 4.10. The molecule has 0 atom stereocenters. The van der Waals surface area contributed by atoms with E-state index in [0.29, 0.717) is 28.6 Å². The number of ether oxygens (including phenoxy) is 3. The lowest BCUT2D eigenvalue weighted by Crippen LogP contribution is -2.25. The van der Waals surface area contributed by atoms with E-state index in [2.05, 4.69) is 10.4 Å². The molecule has 0 aliphatic heterocycles. The maximum Gasteiger partial charge on any atom is 0.280 e. The Balaban J connectivity index is 2.01. The van der Waals surface area contributed by atoms with Crippen molar-refractivity contribution in [2.45, 2.75) is 0 Å². The van der Waals surface area contributed by atoms with Gasteiger partial charge in [-0.05, 0) is 24.3 Å². The van der Waals surface area contributed by atoms with Gasteiger partial charge in [0, 0.05) is 12.1 Å². The molecule has 3 aromatic rings. The van der Waals surface area contributed by atoms with Crippen LogP contribution in [0.2, 0.25) is 0 Å². The van der Waals surface area contributed by atoms with Crippen LogP contribution in [-0.2, 0) is 0 Å². The van der Waals surface area contributed by atoms with Gasteiger partial charge in [-0.2, -0.15) is 9.78 Å². The molecule has 0 fully saturated rings. The van der Waals surface area contributed by atoms with Gasteiger partial charge in [0.2, 0.25) is 0 Å². The first-order chi connectivity index (χ1) is 14.0. The SMILES string of the molecule is COc1ccc(NC(=O)c2nn(-c3ccccc3OC)c(=O)cc2O)c(OC)c1. The van der Waals surface area contributed by atoms with E-state index in [1.165, 1.54) is 21.3 Å². The van der Waals surface area contributed by atoms with Crippen LogP contribution in [0, 0.1) is 0 Å². The van der Waals surface area contributed by atoms with Gasteiger partial charge < -0.3 is 24.6 Å². The smallest absolute Gasteiger partial charge is 0.280 e. The molecule has 1 aromatic heterocycles. The molecule has 0 saturated heterocycles. The van der Waals surface area contributed by atoms with Crippen molar-refractivity contribution in [3.63, 3.8) is 0 Å². The van der Waals surface area contributed by atoms with Gasteiger partial charge in [0.25, 0.3) is 11.5 Å². The van der Waals surface area contributed by atoms with Crippen LogP contribution >= 0.6 is 0 Å². The van der Waals surface area contributed by atoms with Crippen LogP contribution in [0.4, 0.5) is 5.69 Å². The number of para-hydroxylation sites is 2. The Morgan fingerprint density at radius 1 is 1.00 bits per heavy atom. The fourth-order valence-corrected chi connectivity index (χ4v) is 2.67. The molecule has 0 unspecified atom stereocenters. The highest BCUT2D eigenvalue weighted by atomic mass is 16.5. The third-order valence-electron chi connectivity index (χ3n) is 4.10. The van der Waals surface area contributed by atoms with E-state index in [9.17, 15) is 14.7 Å². The molecule has 9 heteroatoms. The maximum absolute atomic E-state index is 12.7. The molecular weight excluding hydrogens is 378 g/mol. The summed E-state index contributed by atoms with van der Waals surface area (Å²) in [5, 5.41) is 16.8. The summed E-state index contributed by atoms with van der Waals surface area (Å²) in [5.74, 6) is 0.0116. The molecule has 3 rings (SSSR count). The Morgan fingerprint density at radius 2 is 1.72 bits per heavy atom. The summed E-state index contributed by atoms with van der Waals surface area (Å²) in [6.07, 6.45) is 0. The first kappa shape index (κ1) is 19.7. The highest BCUT2D eigenvalue weighted by Gasteiger charge is 2.19. The first-order valence-corrected chi connectivity index (χ1v) is 8.48. The van der Waals surface area contributed by atoms with Crippen LogP contribution in [0.25, 0.3) is 5.69 Å². The van der Waals surface area contributed by atoms with E-state index in [1.54, 1.807) is 42.5 Å². The zero-order valence-electron chi connectivity index (χ0n) is 16.0. The summed E-state index contributed by atoms with van der Waals surface area (Å²) in [6, 6.07) is 12.4. The summed E-state index contributed by atoms with van der Waals surface area (Å²) < 4.78 is 16.6. The van der Waals surface area contributed by atoms with Gasteiger partial charge in [-0.1, -0.05) is 12.1 Å². The van der Waals surface area contributed by atoms with Crippen molar-refractivity contribution in [3.8, 4) is 28.7 Å². The lowest BCUT2D eigenvalue weighted by atomic mass is 10.2. The fraction of sp³-hybridized carbons (Fsp3) is 0.150. The largest absolute Gasteiger partial charge is 0.505 e. The number of aromatic hydroxyl groups is 1. The minimum Gasteiger partial charge on any atom is -0.505 e. The highest BCUT2D eigenvalue weighted by molar-refractivity contribution is 6.05. The average molecular weight is 397 g/mol. The molecular formula is C20H19N3O6. The Bertz CT molecular complexity index is 1110. The fourth-order valence-electron chi connectivity index (χ4n) is 2.67. The number of hydrogen-bond donors (Lipinski definition) is 2. The van der Waals surface area contributed by atoms with Crippen molar-refractivity contribution in [2.75, 3.05) is 26.6 Å². The van der Waals surface area contributed by atoms with Crippen LogP contribution in [-0.4, -0.2) is 42.1 Å². The summed E-state index contributed by atoms with van der Waals surface area (Å²) in [5.41, 5.74) is -0.287. The van der Waals surface area contributed by atoms with Gasteiger partial charge in [0.1, 0.15) is 22.9 Å². The van der Waals surface area contributed by atoms with Gasteiger partial charge in [-0.25, -0.2) is 0 Å². The van der Waals surface area contributed by atoms with E-state index in [1.807, 2.05) is 0 Å². The highest BCUT2D eigenvalue weighted by Crippen LogP contribution is 2.30. The van der Waals surface area contributed by atoms with E-state index in [0.717, 1.165) is 10.7 Å². The summed E-state index contributed by atoms with van der Waals surface area (Å²) in [6.45, 7) is 0. The minimum atomic E-state index is -0.727. The molecule has 0 aliphatic carbocycles. The minimum absolute atomic E-state index is 0.330. The van der Waals surface area contributed by atoms with Gasteiger partial charge in [-0.15, -0.1) is 0 Å². The topological polar surface area (TPSA) is 112 Å². The van der Waals surface area contributed by atoms with Crippen LogP contribution in [0.1, 0.15) is 10.5 Å². The van der Waals surface area contributed by atoms with Gasteiger partial charge in [-0.3, -0.25) is 9.59 Å². The molecule has 1 amide bonds. The summed E-state index contributed by atoms with van der Waals surface area (Å²) in [7, 11) is 4.41. The Kier molecular flexibility index (Phi) is 5.68. The van der Waals surface area contributed by atoms with Crippen LogP contribution < -0.4 is 25.1 Å². The zero-order valence-corrected chi connectivity index (χ0v) is 16.0. The number of carbonyl (C=O) groups is 1. The predicted octanol–water partition coefficient (Wildman–Crippen LogP) is 2.22. The molecule has 0 bridgehead atoms. The van der Waals surface area contributed by atoms with Crippen molar-refractivity contribution in [2.24, 2.45) is 0 Å². The molecule has 0 saturated carbocycles. The number of hydrogen-bond acceptors (Lipinski definition) is 7. The maximum atomic E-state index is 12.7. The van der Waals surface area contributed by atoms with Gasteiger partial charge >= 0.3 is 0 Å². The van der Waals surface area contributed by atoms with Crippen molar-refractivity contribution < 1.29 is 24.1 Å². The van der Waals surface area contributed by atoms with E-state index in [-0.39, 0.29) is 5.69 Å². The number of carbonyl (C=O) groups excluding carboxylic acids is 1. The van der Waals surface area contributed by atoms with Crippen molar-refractivity contribution in [3.05, 3.63) is 64.6 Å². The molecule has 0 aliphatic rings. The first-order valence-electron chi connectivity index (χ1n) is 8.48. The number of benzene rings is 2. The number of anilines is 1. The van der Waals surface area contributed by atoms with Crippen LogP contribution in [0.3, 0.4) is 0 Å². The van der Waals surface area contributed by atoms with E-state index >= 15 is 0 Å².